The molecule has 0 aliphatic rings. The largest absolute Gasteiger partial charge is 0.480 e. The lowest BCUT2D eigenvalue weighted by Crippen LogP contribution is -2.59. The van der Waals surface area contributed by atoms with Gasteiger partial charge in [-0.05, 0) is 24.7 Å². The van der Waals surface area contributed by atoms with Crippen molar-refractivity contribution in [2.45, 2.75) is 71.1 Å². The number of aliphatic imine (C=N–C) groups is 1. The third-order valence-electron chi connectivity index (χ3n) is 5.18. The molecule has 0 aliphatic carbocycles. The molecule has 0 aliphatic heterocycles. The van der Waals surface area contributed by atoms with Gasteiger partial charge in [0, 0.05) is 12.3 Å². The quantitative estimate of drug-likeness (QED) is 0.0587. The molecule has 0 saturated heterocycles. The van der Waals surface area contributed by atoms with E-state index < -0.39 is 47.9 Å². The predicted molar refractivity (Wildman–Crippen MR) is 129 cm³/mol. The van der Waals surface area contributed by atoms with Gasteiger partial charge < -0.3 is 38.3 Å². The lowest BCUT2D eigenvalue weighted by Gasteiger charge is -2.27. The molecule has 33 heavy (non-hydrogen) atoms. The first kappa shape index (κ1) is 30.5. The van der Waals surface area contributed by atoms with Crippen LogP contribution < -0.4 is 33.2 Å². The molecule has 0 spiro atoms. The first-order valence-electron chi connectivity index (χ1n) is 10.9. The van der Waals surface area contributed by atoms with Crippen LogP contribution >= 0.6 is 12.6 Å². The van der Waals surface area contributed by atoms with Gasteiger partial charge in [0.2, 0.25) is 17.7 Å². The average molecular weight is 490 g/mol. The fourth-order valence-corrected chi connectivity index (χ4v) is 3.04. The SMILES string of the molecule is CCC(C)C(N)C(=O)NC(CS)C(=O)NC(C(=O)NC(CCCN=C(N)N)C(=O)O)C(C)C. The number of nitrogens with two attached hydrogens (primary N) is 3. The minimum atomic E-state index is -1.22. The van der Waals surface area contributed by atoms with Crippen molar-refractivity contribution in [1.29, 1.82) is 0 Å². The molecular formula is C20H39N7O5S. The van der Waals surface area contributed by atoms with Gasteiger partial charge in [0.15, 0.2) is 5.96 Å². The second-order valence-electron chi connectivity index (χ2n) is 8.23. The molecule has 3 amide bonds. The van der Waals surface area contributed by atoms with E-state index in [0.717, 1.165) is 0 Å². The summed E-state index contributed by atoms with van der Waals surface area (Å²) in [7, 11) is 0. The smallest absolute Gasteiger partial charge is 0.326 e. The molecule has 0 rings (SSSR count). The van der Waals surface area contributed by atoms with Crippen molar-refractivity contribution in [3.05, 3.63) is 0 Å². The fraction of sp³-hybridized carbons (Fsp3) is 0.750. The number of amides is 3. The van der Waals surface area contributed by atoms with E-state index in [1.807, 2.05) is 13.8 Å². The second kappa shape index (κ2) is 15.3. The fourth-order valence-electron chi connectivity index (χ4n) is 2.79. The van der Waals surface area contributed by atoms with Crippen LogP contribution in [-0.2, 0) is 19.2 Å². The van der Waals surface area contributed by atoms with E-state index in [2.05, 4.69) is 33.6 Å². The number of carboxylic acid groups (broad SMARTS) is 1. The molecule has 190 valence electrons. The van der Waals surface area contributed by atoms with E-state index in [-0.39, 0.29) is 36.5 Å². The molecule has 0 aromatic rings. The minimum Gasteiger partial charge on any atom is -0.480 e. The Bertz CT molecular complexity index is 700. The number of nitrogens with zero attached hydrogens (tertiary/aromatic N) is 1. The Morgan fingerprint density at radius 1 is 0.970 bits per heavy atom. The van der Waals surface area contributed by atoms with E-state index in [1.54, 1.807) is 13.8 Å². The molecule has 5 atom stereocenters. The zero-order chi connectivity index (χ0) is 25.7. The van der Waals surface area contributed by atoms with Crippen molar-refractivity contribution in [2.24, 2.45) is 34.0 Å². The Kier molecular flexibility index (Phi) is 14.1. The summed E-state index contributed by atoms with van der Waals surface area (Å²) < 4.78 is 0. The van der Waals surface area contributed by atoms with Crippen LogP contribution in [0.2, 0.25) is 0 Å². The Morgan fingerprint density at radius 2 is 1.55 bits per heavy atom. The first-order valence-corrected chi connectivity index (χ1v) is 11.5. The van der Waals surface area contributed by atoms with E-state index in [9.17, 15) is 24.3 Å². The monoisotopic (exact) mass is 489 g/mol. The van der Waals surface area contributed by atoms with Crippen molar-refractivity contribution < 1.29 is 24.3 Å². The number of carboxylic acids is 1. The van der Waals surface area contributed by atoms with Gasteiger partial charge in [-0.2, -0.15) is 12.6 Å². The number of hydrogen-bond donors (Lipinski definition) is 8. The van der Waals surface area contributed by atoms with Crippen LogP contribution in [0, 0.1) is 11.8 Å². The molecule has 0 aromatic carbocycles. The summed E-state index contributed by atoms with van der Waals surface area (Å²) in [5.74, 6) is -3.55. The molecule has 0 saturated carbocycles. The molecular weight excluding hydrogens is 450 g/mol. The average Bonchev–Trinajstić information content (AvgIpc) is 2.75. The van der Waals surface area contributed by atoms with Crippen LogP contribution in [-0.4, -0.2) is 71.2 Å². The van der Waals surface area contributed by atoms with Crippen LogP contribution in [0.3, 0.4) is 0 Å². The van der Waals surface area contributed by atoms with Gasteiger partial charge in [-0.1, -0.05) is 34.1 Å². The van der Waals surface area contributed by atoms with Gasteiger partial charge in [-0.25, -0.2) is 4.79 Å². The highest BCUT2D eigenvalue weighted by Gasteiger charge is 2.31. The van der Waals surface area contributed by atoms with E-state index in [0.29, 0.717) is 12.8 Å². The zero-order valence-electron chi connectivity index (χ0n) is 19.7. The molecule has 12 nitrogen and oxygen atoms in total. The van der Waals surface area contributed by atoms with E-state index in [4.69, 9.17) is 17.2 Å². The van der Waals surface area contributed by atoms with Gasteiger partial charge in [0.05, 0.1) is 6.04 Å². The summed E-state index contributed by atoms with van der Waals surface area (Å²) in [6.45, 7) is 7.35. The van der Waals surface area contributed by atoms with Crippen molar-refractivity contribution in [2.75, 3.05) is 12.3 Å². The Morgan fingerprint density at radius 3 is 2.00 bits per heavy atom. The Balaban J connectivity index is 5.17. The molecule has 0 fully saturated rings. The standard InChI is InChI=1S/C20H39N7O5S/c1-5-11(4)14(21)17(29)26-13(9-33)16(28)27-15(10(2)3)18(30)25-12(19(31)32)7-6-8-24-20(22)23/h10-15,33H,5-9,21H2,1-4H3,(H,25,30)(H,26,29)(H,27,28)(H,31,32)(H4,22,23,24). The Hall–Kier alpha value is -2.54. The molecule has 0 aromatic heterocycles. The van der Waals surface area contributed by atoms with Gasteiger partial charge in [-0.15, -0.1) is 0 Å². The number of rotatable bonds is 15. The van der Waals surface area contributed by atoms with Crippen molar-refractivity contribution in [1.82, 2.24) is 16.0 Å². The van der Waals surface area contributed by atoms with Gasteiger partial charge in [-0.3, -0.25) is 19.4 Å². The highest BCUT2D eigenvalue weighted by molar-refractivity contribution is 7.80. The molecule has 0 heterocycles. The summed E-state index contributed by atoms with van der Waals surface area (Å²) in [4.78, 5) is 53.2. The highest BCUT2D eigenvalue weighted by Crippen LogP contribution is 2.08. The van der Waals surface area contributed by atoms with Crippen molar-refractivity contribution in [3.63, 3.8) is 0 Å². The predicted octanol–water partition coefficient (Wildman–Crippen LogP) is -1.46. The van der Waals surface area contributed by atoms with Crippen molar-refractivity contribution in [3.8, 4) is 0 Å². The molecule has 0 radical (unpaired) electrons. The minimum absolute atomic E-state index is 0.0141. The van der Waals surface area contributed by atoms with Crippen molar-refractivity contribution >= 4 is 42.3 Å². The highest BCUT2D eigenvalue weighted by atomic mass is 32.1. The van der Waals surface area contributed by atoms with E-state index >= 15 is 0 Å². The maximum Gasteiger partial charge on any atom is 0.326 e. The van der Waals surface area contributed by atoms with Gasteiger partial charge in [0.25, 0.3) is 0 Å². The third kappa shape index (κ3) is 11.2. The molecule has 5 unspecified atom stereocenters. The van der Waals surface area contributed by atoms with Crippen LogP contribution in [0.15, 0.2) is 4.99 Å². The lowest BCUT2D eigenvalue weighted by atomic mass is 9.99. The van der Waals surface area contributed by atoms with Crippen LogP contribution in [0.4, 0.5) is 0 Å². The number of carbonyl (C=O) groups is 4. The number of nitrogens with one attached hydrogen (secondary N) is 3. The maximum atomic E-state index is 12.8. The summed E-state index contributed by atoms with van der Waals surface area (Å²) in [6.07, 6.45) is 1.12. The normalized spacial score (nSPS) is 15.5. The van der Waals surface area contributed by atoms with Crippen LogP contribution in [0.25, 0.3) is 0 Å². The van der Waals surface area contributed by atoms with Crippen LogP contribution in [0.5, 0.6) is 0 Å². The zero-order valence-corrected chi connectivity index (χ0v) is 20.6. The topological polar surface area (TPSA) is 215 Å². The second-order valence-corrected chi connectivity index (χ2v) is 8.60. The summed E-state index contributed by atoms with van der Waals surface area (Å²) >= 11 is 4.12. The first-order chi connectivity index (χ1) is 15.3. The summed E-state index contributed by atoms with van der Waals surface area (Å²) in [6, 6.07) is -4.01. The van der Waals surface area contributed by atoms with E-state index in [1.165, 1.54) is 0 Å². The Labute approximate surface area is 200 Å². The van der Waals surface area contributed by atoms with Crippen LogP contribution in [0.1, 0.15) is 47.0 Å². The summed E-state index contributed by atoms with van der Waals surface area (Å²) in [5, 5.41) is 17.0. The number of hydrogen-bond acceptors (Lipinski definition) is 7. The van der Waals surface area contributed by atoms with Gasteiger partial charge >= 0.3 is 5.97 Å². The molecule has 13 heteroatoms. The summed E-state index contributed by atoms with van der Waals surface area (Å²) in [5.41, 5.74) is 16.4. The number of aliphatic carboxylic acids is 1. The number of guanidine groups is 1. The lowest BCUT2D eigenvalue weighted by molar-refractivity contribution is -0.142. The molecule has 0 bridgehead atoms. The third-order valence-corrected chi connectivity index (χ3v) is 5.55. The van der Waals surface area contributed by atoms with Gasteiger partial charge in [0.1, 0.15) is 18.1 Å². The molecule has 10 N–H and O–H groups in total. The maximum absolute atomic E-state index is 12.8. The number of carbonyl (C=O) groups excluding carboxylic acids is 3. The number of thiol groups is 1.